The minimum atomic E-state index is -0.0942. The van der Waals surface area contributed by atoms with Crippen LogP contribution in [0.15, 0.2) is 24.3 Å². The molecule has 0 aromatic heterocycles. The number of rotatable bonds is 2. The van der Waals surface area contributed by atoms with E-state index in [1.165, 1.54) is 0 Å². The Hall–Kier alpha value is -1.88. The second-order valence-corrected chi connectivity index (χ2v) is 8.60. The second-order valence-electron chi connectivity index (χ2n) is 8.60. The van der Waals surface area contributed by atoms with Crippen LogP contribution in [0.25, 0.3) is 0 Å². The van der Waals surface area contributed by atoms with E-state index in [-0.39, 0.29) is 29.2 Å². The van der Waals surface area contributed by atoms with Gasteiger partial charge in [-0.2, -0.15) is 0 Å². The molecule has 2 atom stereocenters. The van der Waals surface area contributed by atoms with E-state index in [2.05, 4.69) is 13.8 Å². The molecule has 2 aliphatic heterocycles. The Balaban J connectivity index is 1.65. The van der Waals surface area contributed by atoms with E-state index < -0.39 is 0 Å². The molecule has 2 amide bonds. The molecule has 0 saturated carbocycles. The van der Waals surface area contributed by atoms with Crippen molar-refractivity contribution in [3.05, 3.63) is 35.4 Å². The number of amides is 2. The molecule has 2 fully saturated rings. The summed E-state index contributed by atoms with van der Waals surface area (Å²) in [5, 5.41) is 0. The van der Waals surface area contributed by atoms with Crippen molar-refractivity contribution in [2.45, 2.75) is 46.1 Å². The lowest BCUT2D eigenvalue weighted by molar-refractivity contribution is -0.140. The number of nitrogens with zero attached hydrogens (tertiary/aromatic N) is 2. The van der Waals surface area contributed by atoms with Crippen LogP contribution in [0.4, 0.5) is 0 Å². The van der Waals surface area contributed by atoms with Crippen molar-refractivity contribution in [1.82, 2.24) is 9.80 Å². The molecule has 0 spiro atoms. The zero-order valence-electron chi connectivity index (χ0n) is 16.2. The highest BCUT2D eigenvalue weighted by Crippen LogP contribution is 2.30. The molecule has 0 radical (unpaired) electrons. The van der Waals surface area contributed by atoms with Crippen LogP contribution in [0.5, 0.6) is 0 Å². The molecule has 142 valence electrons. The number of benzene rings is 1. The molecule has 26 heavy (non-hydrogen) atoms. The van der Waals surface area contributed by atoms with Gasteiger partial charge < -0.3 is 15.5 Å². The number of likely N-dealkylation sites (tertiary alicyclic amines) is 2. The first kappa shape index (κ1) is 18.9. The maximum absolute atomic E-state index is 13.0. The molecule has 3 rings (SSSR count). The number of nitrogens with two attached hydrogens (primary N) is 1. The fraction of sp³-hybridized carbons (Fsp3) is 0.619. The van der Waals surface area contributed by atoms with Gasteiger partial charge in [-0.3, -0.25) is 9.59 Å². The molecule has 2 heterocycles. The lowest BCUT2D eigenvalue weighted by Crippen LogP contribution is -2.56. The Morgan fingerprint density at radius 2 is 1.77 bits per heavy atom. The first-order chi connectivity index (χ1) is 12.3. The molecule has 1 aromatic carbocycles. The van der Waals surface area contributed by atoms with Crippen molar-refractivity contribution in [1.29, 1.82) is 0 Å². The summed E-state index contributed by atoms with van der Waals surface area (Å²) in [5.41, 5.74) is 7.98. The summed E-state index contributed by atoms with van der Waals surface area (Å²) < 4.78 is 0. The molecule has 0 bridgehead atoms. The first-order valence-corrected chi connectivity index (χ1v) is 9.68. The normalized spacial score (nSPS) is 25.8. The van der Waals surface area contributed by atoms with Crippen molar-refractivity contribution in [2.24, 2.45) is 17.1 Å². The van der Waals surface area contributed by atoms with Crippen molar-refractivity contribution < 1.29 is 9.59 Å². The summed E-state index contributed by atoms with van der Waals surface area (Å²) in [7, 11) is 0. The maximum atomic E-state index is 13.0. The molecule has 2 N–H and O–H groups in total. The fourth-order valence-electron chi connectivity index (χ4n) is 4.06. The van der Waals surface area contributed by atoms with Crippen LogP contribution in [-0.2, 0) is 4.79 Å². The van der Waals surface area contributed by atoms with E-state index in [0.29, 0.717) is 18.7 Å². The topological polar surface area (TPSA) is 66.6 Å². The predicted octanol–water partition coefficient (Wildman–Crippen LogP) is 2.43. The van der Waals surface area contributed by atoms with Crippen molar-refractivity contribution in [3.63, 3.8) is 0 Å². The molecule has 0 aliphatic carbocycles. The summed E-state index contributed by atoms with van der Waals surface area (Å²) in [6.07, 6.45) is 2.59. The van der Waals surface area contributed by atoms with Crippen LogP contribution >= 0.6 is 0 Å². The van der Waals surface area contributed by atoms with Crippen LogP contribution in [0.2, 0.25) is 0 Å². The zero-order chi connectivity index (χ0) is 18.9. The van der Waals surface area contributed by atoms with Gasteiger partial charge in [0.25, 0.3) is 5.91 Å². The van der Waals surface area contributed by atoms with Gasteiger partial charge in [-0.05, 0) is 43.7 Å². The highest BCUT2D eigenvalue weighted by molar-refractivity contribution is 5.94. The number of carbonyl (C=O) groups excluding carboxylic acids is 2. The second kappa shape index (κ2) is 7.39. The molecule has 2 unspecified atom stereocenters. The van der Waals surface area contributed by atoms with Crippen LogP contribution in [0.1, 0.15) is 49.0 Å². The molecular formula is C21H31N3O2. The Kier molecular flexibility index (Phi) is 5.37. The molecule has 1 aromatic rings. The predicted molar refractivity (Wildman–Crippen MR) is 103 cm³/mol. The number of carbonyl (C=O) groups is 2. The summed E-state index contributed by atoms with van der Waals surface area (Å²) >= 11 is 0. The highest BCUT2D eigenvalue weighted by Gasteiger charge is 2.38. The summed E-state index contributed by atoms with van der Waals surface area (Å²) in [6.45, 7) is 8.95. The van der Waals surface area contributed by atoms with Crippen LogP contribution < -0.4 is 5.73 Å². The zero-order valence-corrected chi connectivity index (χ0v) is 16.2. The van der Waals surface area contributed by atoms with Gasteiger partial charge in [0.15, 0.2) is 0 Å². The Morgan fingerprint density at radius 3 is 2.42 bits per heavy atom. The van der Waals surface area contributed by atoms with E-state index in [1.54, 1.807) is 0 Å². The van der Waals surface area contributed by atoms with Gasteiger partial charge in [-0.15, -0.1) is 0 Å². The highest BCUT2D eigenvalue weighted by atomic mass is 16.2. The van der Waals surface area contributed by atoms with Crippen LogP contribution in [0.3, 0.4) is 0 Å². The van der Waals surface area contributed by atoms with E-state index in [1.807, 2.05) is 41.0 Å². The van der Waals surface area contributed by atoms with Gasteiger partial charge in [0.05, 0.1) is 5.92 Å². The smallest absolute Gasteiger partial charge is 0.253 e. The van der Waals surface area contributed by atoms with Gasteiger partial charge in [0.2, 0.25) is 5.91 Å². The van der Waals surface area contributed by atoms with Crippen molar-refractivity contribution >= 4 is 11.8 Å². The minimum Gasteiger partial charge on any atom is -0.342 e. The van der Waals surface area contributed by atoms with E-state index in [4.69, 9.17) is 5.73 Å². The monoisotopic (exact) mass is 357 g/mol. The molecule has 5 nitrogen and oxygen atoms in total. The maximum Gasteiger partial charge on any atom is 0.253 e. The quantitative estimate of drug-likeness (QED) is 0.884. The molecule has 2 aliphatic rings. The van der Waals surface area contributed by atoms with Gasteiger partial charge >= 0.3 is 0 Å². The van der Waals surface area contributed by atoms with Gasteiger partial charge in [-0.25, -0.2) is 0 Å². The molecule has 5 heteroatoms. The summed E-state index contributed by atoms with van der Waals surface area (Å²) in [5.74, 6) is 0.123. The fourth-order valence-corrected chi connectivity index (χ4v) is 4.06. The SMILES string of the molecule is Cc1ccc(C(=O)N2CCCC(C(=O)N3CCC(N)C(C)(C)C3)C2)cc1. The number of hydrogen-bond donors (Lipinski definition) is 1. The third-order valence-corrected chi connectivity index (χ3v) is 5.98. The average molecular weight is 357 g/mol. The average Bonchev–Trinajstić information content (AvgIpc) is 2.63. The van der Waals surface area contributed by atoms with Gasteiger partial charge in [-0.1, -0.05) is 31.5 Å². The Morgan fingerprint density at radius 1 is 1.08 bits per heavy atom. The molecular weight excluding hydrogens is 326 g/mol. The first-order valence-electron chi connectivity index (χ1n) is 9.68. The van der Waals surface area contributed by atoms with Crippen LogP contribution in [0, 0.1) is 18.3 Å². The van der Waals surface area contributed by atoms with Crippen molar-refractivity contribution in [2.75, 3.05) is 26.2 Å². The third kappa shape index (κ3) is 3.93. The lowest BCUT2D eigenvalue weighted by Gasteiger charge is -2.44. The number of aryl methyl sites for hydroxylation is 1. The Bertz CT molecular complexity index is 668. The summed E-state index contributed by atoms with van der Waals surface area (Å²) in [4.78, 5) is 29.6. The largest absolute Gasteiger partial charge is 0.342 e. The summed E-state index contributed by atoms with van der Waals surface area (Å²) in [6, 6.07) is 7.80. The molecule has 2 saturated heterocycles. The number of hydrogen-bond acceptors (Lipinski definition) is 3. The lowest BCUT2D eigenvalue weighted by atomic mass is 9.79. The Labute approximate surface area is 156 Å². The van der Waals surface area contributed by atoms with Crippen LogP contribution in [-0.4, -0.2) is 53.8 Å². The van der Waals surface area contributed by atoms with E-state index in [9.17, 15) is 9.59 Å². The standard InChI is InChI=1S/C21H31N3O2/c1-15-6-8-16(9-7-15)19(25)23-11-4-5-17(13-23)20(26)24-12-10-18(22)21(2,3)14-24/h6-9,17-18H,4-5,10-14,22H2,1-3H3. The van der Waals surface area contributed by atoms with Crippen molar-refractivity contribution in [3.8, 4) is 0 Å². The van der Waals surface area contributed by atoms with Gasteiger partial charge in [0.1, 0.15) is 0 Å². The van der Waals surface area contributed by atoms with Gasteiger partial charge in [0, 0.05) is 37.8 Å². The third-order valence-electron chi connectivity index (χ3n) is 5.98. The number of piperidine rings is 2. The van der Waals surface area contributed by atoms with E-state index >= 15 is 0 Å². The minimum absolute atomic E-state index is 0.0310. The van der Waals surface area contributed by atoms with E-state index in [0.717, 1.165) is 37.9 Å².